The van der Waals surface area contributed by atoms with E-state index in [1.54, 1.807) is 23.0 Å². The van der Waals surface area contributed by atoms with Gasteiger partial charge in [-0.25, -0.2) is 9.07 Å². The molecule has 0 unspecified atom stereocenters. The summed E-state index contributed by atoms with van der Waals surface area (Å²) >= 11 is 0. The van der Waals surface area contributed by atoms with Crippen LogP contribution in [0, 0.1) is 18.2 Å². The Balaban J connectivity index is 2.41. The molecule has 4 heteroatoms. The molecule has 0 saturated carbocycles. The van der Waals surface area contributed by atoms with Gasteiger partial charge in [-0.2, -0.15) is 0 Å². The highest BCUT2D eigenvalue weighted by molar-refractivity contribution is 5.58. The SMILES string of the molecule is C#CCn1nncc1-c1ccc(F)cc1. The zero-order valence-corrected chi connectivity index (χ0v) is 7.89. The summed E-state index contributed by atoms with van der Waals surface area (Å²) in [6.07, 6.45) is 6.79. The minimum atomic E-state index is -0.269. The van der Waals surface area contributed by atoms with Crippen molar-refractivity contribution in [1.29, 1.82) is 0 Å². The summed E-state index contributed by atoms with van der Waals surface area (Å²) in [6.45, 7) is 0.354. The molecule has 0 radical (unpaired) electrons. The Morgan fingerprint density at radius 2 is 2.07 bits per heavy atom. The first-order valence-corrected chi connectivity index (χ1v) is 4.39. The average Bonchev–Trinajstić information content (AvgIpc) is 2.68. The zero-order valence-electron chi connectivity index (χ0n) is 7.89. The molecule has 0 aliphatic carbocycles. The summed E-state index contributed by atoms with van der Waals surface area (Å²) < 4.78 is 14.3. The summed E-state index contributed by atoms with van der Waals surface area (Å²) in [5.41, 5.74) is 1.63. The molecule has 0 fully saturated rings. The lowest BCUT2D eigenvalue weighted by atomic mass is 10.1. The molecule has 0 bridgehead atoms. The van der Waals surface area contributed by atoms with E-state index >= 15 is 0 Å². The highest BCUT2D eigenvalue weighted by atomic mass is 19.1. The fourth-order valence-electron chi connectivity index (χ4n) is 1.31. The Kier molecular flexibility index (Phi) is 2.46. The van der Waals surface area contributed by atoms with Crippen molar-refractivity contribution in [2.75, 3.05) is 0 Å². The molecule has 0 atom stereocenters. The minimum Gasteiger partial charge on any atom is -0.233 e. The molecular formula is C11H8FN3. The molecule has 0 N–H and O–H groups in total. The van der Waals surface area contributed by atoms with Gasteiger partial charge in [0.25, 0.3) is 0 Å². The highest BCUT2D eigenvalue weighted by Crippen LogP contribution is 2.17. The van der Waals surface area contributed by atoms with Crippen LogP contribution in [0.1, 0.15) is 0 Å². The predicted molar refractivity (Wildman–Crippen MR) is 54.2 cm³/mol. The number of benzene rings is 1. The quantitative estimate of drug-likeness (QED) is 0.692. The first kappa shape index (κ1) is 9.41. The molecule has 15 heavy (non-hydrogen) atoms. The second-order valence-corrected chi connectivity index (χ2v) is 2.99. The van der Waals surface area contributed by atoms with Crippen LogP contribution in [0.4, 0.5) is 4.39 Å². The number of hydrogen-bond donors (Lipinski definition) is 0. The van der Waals surface area contributed by atoms with Crippen LogP contribution in [0.15, 0.2) is 30.5 Å². The molecule has 2 aromatic rings. The second kappa shape index (κ2) is 3.93. The minimum absolute atomic E-state index is 0.269. The molecule has 1 aromatic heterocycles. The van der Waals surface area contributed by atoms with Gasteiger partial charge >= 0.3 is 0 Å². The summed E-state index contributed by atoms with van der Waals surface area (Å²) in [7, 11) is 0. The standard InChI is InChI=1S/C11H8FN3/c1-2-7-15-11(8-13-14-15)9-3-5-10(12)6-4-9/h1,3-6,8H,7H2. The first-order valence-electron chi connectivity index (χ1n) is 4.39. The Labute approximate surface area is 86.5 Å². The van der Waals surface area contributed by atoms with Gasteiger partial charge in [-0.1, -0.05) is 11.1 Å². The van der Waals surface area contributed by atoms with Crippen molar-refractivity contribution in [3.05, 3.63) is 36.3 Å². The lowest BCUT2D eigenvalue weighted by Gasteiger charge is -2.01. The normalized spacial score (nSPS) is 9.87. The van der Waals surface area contributed by atoms with E-state index in [0.717, 1.165) is 11.3 Å². The number of aromatic nitrogens is 3. The van der Waals surface area contributed by atoms with Crippen molar-refractivity contribution in [2.45, 2.75) is 6.54 Å². The van der Waals surface area contributed by atoms with E-state index in [1.165, 1.54) is 12.1 Å². The van der Waals surface area contributed by atoms with Gasteiger partial charge in [-0.3, -0.25) is 0 Å². The fraction of sp³-hybridized carbons (Fsp3) is 0.0909. The van der Waals surface area contributed by atoms with Crippen molar-refractivity contribution in [3.63, 3.8) is 0 Å². The Bertz CT molecular complexity index is 493. The third-order valence-corrected chi connectivity index (χ3v) is 2.00. The van der Waals surface area contributed by atoms with Crippen LogP contribution in [0.5, 0.6) is 0 Å². The maximum atomic E-state index is 12.7. The largest absolute Gasteiger partial charge is 0.233 e. The second-order valence-electron chi connectivity index (χ2n) is 2.99. The summed E-state index contributed by atoms with van der Waals surface area (Å²) in [5, 5.41) is 7.60. The molecule has 0 spiro atoms. The molecule has 2 rings (SSSR count). The summed E-state index contributed by atoms with van der Waals surface area (Å²) in [5.74, 6) is 2.21. The van der Waals surface area contributed by atoms with Crippen molar-refractivity contribution < 1.29 is 4.39 Å². The molecule has 3 nitrogen and oxygen atoms in total. The number of hydrogen-bond acceptors (Lipinski definition) is 2. The summed E-state index contributed by atoms with van der Waals surface area (Å²) in [6, 6.07) is 6.12. The highest BCUT2D eigenvalue weighted by Gasteiger charge is 2.05. The third kappa shape index (κ3) is 1.86. The lowest BCUT2D eigenvalue weighted by Crippen LogP contribution is -2.00. The van der Waals surface area contributed by atoms with Crippen LogP contribution in [-0.2, 0) is 6.54 Å². The molecule has 74 valence electrons. The number of rotatable bonds is 2. The fourth-order valence-corrected chi connectivity index (χ4v) is 1.31. The Morgan fingerprint density at radius 1 is 1.33 bits per heavy atom. The van der Waals surface area contributed by atoms with Crippen LogP contribution in [0.2, 0.25) is 0 Å². The monoisotopic (exact) mass is 201 g/mol. The van der Waals surface area contributed by atoms with E-state index in [1.807, 2.05) is 0 Å². The van der Waals surface area contributed by atoms with Crippen LogP contribution < -0.4 is 0 Å². The summed E-state index contributed by atoms with van der Waals surface area (Å²) in [4.78, 5) is 0. The van der Waals surface area contributed by atoms with E-state index in [4.69, 9.17) is 6.42 Å². The van der Waals surface area contributed by atoms with Gasteiger partial charge in [0.15, 0.2) is 0 Å². The van der Waals surface area contributed by atoms with E-state index < -0.39 is 0 Å². The maximum Gasteiger partial charge on any atom is 0.123 e. The van der Waals surface area contributed by atoms with E-state index in [-0.39, 0.29) is 5.82 Å². The lowest BCUT2D eigenvalue weighted by molar-refractivity contribution is 0.627. The topological polar surface area (TPSA) is 30.7 Å². The van der Waals surface area contributed by atoms with Gasteiger partial charge in [-0.15, -0.1) is 11.5 Å². The number of terminal acetylenes is 1. The molecule has 0 amide bonds. The molecule has 0 aliphatic heterocycles. The zero-order chi connectivity index (χ0) is 10.7. The third-order valence-electron chi connectivity index (χ3n) is 2.00. The van der Waals surface area contributed by atoms with Gasteiger partial charge in [0.05, 0.1) is 11.9 Å². The average molecular weight is 201 g/mol. The molecule has 1 aromatic carbocycles. The first-order chi connectivity index (χ1) is 7.31. The van der Waals surface area contributed by atoms with E-state index in [9.17, 15) is 4.39 Å². The number of halogens is 1. The van der Waals surface area contributed by atoms with Gasteiger partial charge in [0.2, 0.25) is 0 Å². The van der Waals surface area contributed by atoms with Crippen LogP contribution in [0.3, 0.4) is 0 Å². The maximum absolute atomic E-state index is 12.7. The van der Waals surface area contributed by atoms with Crippen molar-refractivity contribution >= 4 is 0 Å². The van der Waals surface area contributed by atoms with Crippen LogP contribution in [0.25, 0.3) is 11.3 Å². The number of nitrogens with zero attached hydrogens (tertiary/aromatic N) is 3. The van der Waals surface area contributed by atoms with Crippen molar-refractivity contribution in [1.82, 2.24) is 15.0 Å². The Morgan fingerprint density at radius 3 is 2.73 bits per heavy atom. The predicted octanol–water partition coefficient (Wildman–Crippen LogP) is 1.72. The smallest absolute Gasteiger partial charge is 0.123 e. The van der Waals surface area contributed by atoms with Gasteiger partial charge < -0.3 is 0 Å². The van der Waals surface area contributed by atoms with Crippen LogP contribution >= 0.6 is 0 Å². The van der Waals surface area contributed by atoms with Crippen molar-refractivity contribution in [2.24, 2.45) is 0 Å². The Hall–Kier alpha value is -2.15. The van der Waals surface area contributed by atoms with Gasteiger partial charge in [0, 0.05) is 5.56 Å². The van der Waals surface area contributed by atoms with Crippen molar-refractivity contribution in [3.8, 4) is 23.6 Å². The molecule has 1 heterocycles. The van der Waals surface area contributed by atoms with E-state index in [0.29, 0.717) is 6.54 Å². The van der Waals surface area contributed by atoms with Crippen LogP contribution in [-0.4, -0.2) is 15.0 Å². The molecule has 0 saturated heterocycles. The molecule has 0 aliphatic rings. The van der Waals surface area contributed by atoms with Gasteiger partial charge in [0.1, 0.15) is 12.4 Å². The molecular weight excluding hydrogens is 193 g/mol. The van der Waals surface area contributed by atoms with E-state index in [2.05, 4.69) is 16.2 Å². The van der Waals surface area contributed by atoms with Gasteiger partial charge in [-0.05, 0) is 24.3 Å².